The number of benzene rings is 1. The molecule has 0 saturated heterocycles. The summed E-state index contributed by atoms with van der Waals surface area (Å²) >= 11 is 0. The van der Waals surface area contributed by atoms with Gasteiger partial charge in [-0.2, -0.15) is 0 Å². The number of hydrogen-bond acceptors (Lipinski definition) is 2. The van der Waals surface area contributed by atoms with E-state index >= 15 is 0 Å². The maximum absolute atomic E-state index is 12.0. The molecule has 1 aliphatic carbocycles. The molecule has 1 aromatic carbocycles. The number of fused-ring (bicyclic) bond motifs is 1. The highest BCUT2D eigenvalue weighted by Gasteiger charge is 2.18. The Kier molecular flexibility index (Phi) is 2.71. The predicted octanol–water partition coefficient (Wildman–Crippen LogP) is 3.84. The molecule has 0 atom stereocenters. The second-order valence-corrected chi connectivity index (χ2v) is 4.84. The van der Waals surface area contributed by atoms with Crippen LogP contribution in [0, 0.1) is 0 Å². The van der Waals surface area contributed by atoms with E-state index in [4.69, 9.17) is 4.42 Å². The molecule has 3 rings (SSSR count). The number of rotatable bonds is 1. The van der Waals surface area contributed by atoms with E-state index in [9.17, 15) is 4.79 Å². The van der Waals surface area contributed by atoms with E-state index < -0.39 is 0 Å². The molecule has 0 aliphatic heterocycles. The van der Waals surface area contributed by atoms with Crippen LogP contribution in [0.3, 0.4) is 0 Å². The highest BCUT2D eigenvalue weighted by atomic mass is 16.3. The van der Waals surface area contributed by atoms with Gasteiger partial charge in [-0.3, -0.25) is 4.79 Å². The fourth-order valence-corrected chi connectivity index (χ4v) is 2.71. The van der Waals surface area contributed by atoms with Gasteiger partial charge < -0.3 is 4.42 Å². The first kappa shape index (κ1) is 10.6. The first-order valence-corrected chi connectivity index (χ1v) is 6.37. The van der Waals surface area contributed by atoms with Crippen LogP contribution < -0.4 is 5.43 Å². The van der Waals surface area contributed by atoms with Gasteiger partial charge in [0.05, 0.1) is 5.39 Å². The number of hydrogen-bond donors (Lipinski definition) is 0. The Balaban J connectivity index is 2.08. The van der Waals surface area contributed by atoms with E-state index in [0.29, 0.717) is 11.3 Å². The average Bonchev–Trinajstić information content (AvgIpc) is 2.40. The molecule has 1 saturated carbocycles. The minimum atomic E-state index is 0.0902. The second kappa shape index (κ2) is 4.36. The van der Waals surface area contributed by atoms with Gasteiger partial charge in [-0.25, -0.2) is 0 Å². The molecule has 1 aliphatic rings. The molecule has 2 heteroatoms. The lowest BCUT2D eigenvalue weighted by Gasteiger charge is -2.20. The second-order valence-electron chi connectivity index (χ2n) is 4.84. The van der Waals surface area contributed by atoms with Gasteiger partial charge in [0.15, 0.2) is 5.43 Å². The van der Waals surface area contributed by atoms with Crippen molar-refractivity contribution in [2.45, 2.75) is 38.0 Å². The fraction of sp³-hybridized carbons (Fsp3) is 0.400. The lowest BCUT2D eigenvalue weighted by atomic mass is 9.87. The van der Waals surface area contributed by atoms with E-state index in [1.54, 1.807) is 6.07 Å². The normalized spacial score (nSPS) is 17.4. The van der Waals surface area contributed by atoms with Crippen LogP contribution in [-0.4, -0.2) is 0 Å². The van der Waals surface area contributed by atoms with E-state index in [0.717, 1.165) is 24.2 Å². The van der Waals surface area contributed by atoms with Crippen LogP contribution in [-0.2, 0) is 0 Å². The van der Waals surface area contributed by atoms with Crippen LogP contribution in [0.4, 0.5) is 0 Å². The van der Waals surface area contributed by atoms with Gasteiger partial charge in [0.1, 0.15) is 11.3 Å². The molecule has 0 spiro atoms. The molecule has 0 unspecified atom stereocenters. The first-order valence-electron chi connectivity index (χ1n) is 6.37. The fourth-order valence-electron chi connectivity index (χ4n) is 2.71. The summed E-state index contributed by atoms with van der Waals surface area (Å²) in [5.41, 5.74) is 0.813. The third-order valence-corrected chi connectivity index (χ3v) is 3.66. The highest BCUT2D eigenvalue weighted by molar-refractivity contribution is 5.76. The number of para-hydroxylation sites is 1. The van der Waals surface area contributed by atoms with Gasteiger partial charge in [-0.1, -0.05) is 31.4 Å². The summed E-state index contributed by atoms with van der Waals surface area (Å²) in [6, 6.07) is 9.18. The van der Waals surface area contributed by atoms with Crippen molar-refractivity contribution in [3.63, 3.8) is 0 Å². The van der Waals surface area contributed by atoms with Crippen molar-refractivity contribution in [2.75, 3.05) is 0 Å². The minimum Gasteiger partial charge on any atom is -0.461 e. The molecule has 1 heterocycles. The highest BCUT2D eigenvalue weighted by Crippen LogP contribution is 2.32. The molecule has 0 N–H and O–H groups in total. The Hall–Kier alpha value is -1.57. The molecule has 0 radical (unpaired) electrons. The van der Waals surface area contributed by atoms with Gasteiger partial charge in [0.2, 0.25) is 0 Å². The molecule has 2 nitrogen and oxygen atoms in total. The Morgan fingerprint density at radius 1 is 1.06 bits per heavy atom. The van der Waals surface area contributed by atoms with Crippen molar-refractivity contribution in [2.24, 2.45) is 0 Å². The maximum atomic E-state index is 12.0. The average molecular weight is 228 g/mol. The summed E-state index contributed by atoms with van der Waals surface area (Å²) in [5, 5.41) is 0.687. The largest absolute Gasteiger partial charge is 0.461 e. The van der Waals surface area contributed by atoms with Crippen molar-refractivity contribution < 1.29 is 4.42 Å². The predicted molar refractivity (Wildman–Crippen MR) is 68.3 cm³/mol. The zero-order chi connectivity index (χ0) is 11.7. The van der Waals surface area contributed by atoms with Gasteiger partial charge in [0, 0.05) is 12.0 Å². The zero-order valence-electron chi connectivity index (χ0n) is 9.82. The van der Waals surface area contributed by atoms with Crippen LogP contribution in [0.25, 0.3) is 11.0 Å². The SMILES string of the molecule is O=c1cc(C2CCCCC2)oc2ccccc12. The van der Waals surface area contributed by atoms with Crippen molar-refractivity contribution >= 4 is 11.0 Å². The summed E-state index contributed by atoms with van der Waals surface area (Å²) in [6.07, 6.45) is 6.12. The van der Waals surface area contributed by atoms with Crippen molar-refractivity contribution in [3.8, 4) is 0 Å². The smallest absolute Gasteiger partial charge is 0.192 e. The summed E-state index contributed by atoms with van der Waals surface area (Å²) in [5.74, 6) is 1.33. The summed E-state index contributed by atoms with van der Waals surface area (Å²) in [6.45, 7) is 0. The van der Waals surface area contributed by atoms with Crippen LogP contribution in [0.1, 0.15) is 43.8 Å². The molecule has 1 fully saturated rings. The standard InChI is InChI=1S/C15H16O2/c16-13-10-15(11-6-2-1-3-7-11)17-14-9-5-4-8-12(13)14/h4-5,8-11H,1-3,6-7H2. The topological polar surface area (TPSA) is 30.2 Å². The molecular formula is C15H16O2. The van der Waals surface area contributed by atoms with E-state index in [-0.39, 0.29) is 5.43 Å². The van der Waals surface area contributed by atoms with Crippen LogP contribution >= 0.6 is 0 Å². The summed E-state index contributed by atoms with van der Waals surface area (Å²) < 4.78 is 5.88. The molecule has 17 heavy (non-hydrogen) atoms. The van der Waals surface area contributed by atoms with E-state index in [1.165, 1.54) is 19.3 Å². The summed E-state index contributed by atoms with van der Waals surface area (Å²) in [4.78, 5) is 12.0. The Morgan fingerprint density at radius 3 is 2.65 bits per heavy atom. The minimum absolute atomic E-state index is 0.0902. The third kappa shape index (κ3) is 1.99. The quantitative estimate of drug-likeness (QED) is 0.742. The summed E-state index contributed by atoms with van der Waals surface area (Å²) in [7, 11) is 0. The van der Waals surface area contributed by atoms with Gasteiger partial charge >= 0.3 is 0 Å². The molecule has 1 aromatic heterocycles. The monoisotopic (exact) mass is 228 g/mol. The molecule has 0 bridgehead atoms. The van der Waals surface area contributed by atoms with Gasteiger partial charge in [-0.15, -0.1) is 0 Å². The lowest BCUT2D eigenvalue weighted by molar-refractivity contribution is 0.380. The van der Waals surface area contributed by atoms with Gasteiger partial charge in [-0.05, 0) is 25.0 Å². The van der Waals surface area contributed by atoms with Gasteiger partial charge in [0.25, 0.3) is 0 Å². The molecular weight excluding hydrogens is 212 g/mol. The molecule has 88 valence electrons. The van der Waals surface area contributed by atoms with Crippen LogP contribution in [0.2, 0.25) is 0 Å². The Morgan fingerprint density at radius 2 is 1.82 bits per heavy atom. The first-order chi connectivity index (χ1) is 8.34. The Bertz CT molecular complexity index is 577. The van der Waals surface area contributed by atoms with Crippen molar-refractivity contribution in [1.82, 2.24) is 0 Å². The lowest BCUT2D eigenvalue weighted by Crippen LogP contribution is -2.09. The molecule has 2 aromatic rings. The van der Waals surface area contributed by atoms with Crippen LogP contribution in [0.5, 0.6) is 0 Å². The third-order valence-electron chi connectivity index (χ3n) is 3.66. The molecule has 0 amide bonds. The van der Waals surface area contributed by atoms with Crippen molar-refractivity contribution in [1.29, 1.82) is 0 Å². The maximum Gasteiger partial charge on any atom is 0.192 e. The van der Waals surface area contributed by atoms with Crippen LogP contribution in [0.15, 0.2) is 39.5 Å². The zero-order valence-corrected chi connectivity index (χ0v) is 9.82. The van der Waals surface area contributed by atoms with E-state index in [2.05, 4.69) is 0 Å². The Labute approximate surface area is 100 Å². The van der Waals surface area contributed by atoms with Crippen molar-refractivity contribution in [3.05, 3.63) is 46.3 Å². The van der Waals surface area contributed by atoms with E-state index in [1.807, 2.05) is 24.3 Å².